The van der Waals surface area contributed by atoms with Crippen LogP contribution in [-0.4, -0.2) is 53.0 Å². The quantitative estimate of drug-likeness (QED) is 0.759. The van der Waals surface area contributed by atoms with Crippen molar-refractivity contribution < 1.29 is 24.5 Å². The van der Waals surface area contributed by atoms with Gasteiger partial charge in [-0.1, -0.05) is 11.6 Å². The molecule has 0 saturated carbocycles. The molecule has 21 heavy (non-hydrogen) atoms. The molecule has 1 aromatic carbocycles. The van der Waals surface area contributed by atoms with Crippen LogP contribution in [0.4, 0.5) is 0 Å². The van der Waals surface area contributed by atoms with Crippen molar-refractivity contribution in [3.8, 4) is 11.5 Å². The number of rotatable bonds is 1. The minimum Gasteiger partial charge on any atom is -0.507 e. The van der Waals surface area contributed by atoms with Crippen LogP contribution in [0.3, 0.4) is 0 Å². The van der Waals surface area contributed by atoms with E-state index in [1.165, 1.54) is 6.07 Å². The normalized spacial score (nSPS) is 19.0. The molecule has 6 nitrogen and oxygen atoms in total. The number of morpholine rings is 1. The van der Waals surface area contributed by atoms with E-state index < -0.39 is 11.6 Å². The lowest BCUT2D eigenvalue weighted by molar-refractivity contribution is 0.0498. The van der Waals surface area contributed by atoms with E-state index >= 15 is 0 Å². The molecule has 2 aliphatic rings. The molecular weight excluding hydrogens is 298 g/mol. The zero-order valence-electron chi connectivity index (χ0n) is 10.9. The van der Waals surface area contributed by atoms with Gasteiger partial charge in [-0.15, -0.1) is 0 Å². The van der Waals surface area contributed by atoms with Gasteiger partial charge in [0.05, 0.1) is 24.3 Å². The Morgan fingerprint density at radius 1 is 1.00 bits per heavy atom. The van der Waals surface area contributed by atoms with Crippen molar-refractivity contribution in [3.05, 3.63) is 34.0 Å². The fourth-order valence-corrected chi connectivity index (χ4v) is 2.84. The molecule has 1 fully saturated rings. The van der Waals surface area contributed by atoms with E-state index in [1.54, 1.807) is 4.90 Å². The molecule has 0 unspecified atom stereocenters. The Morgan fingerprint density at radius 2 is 1.52 bits per heavy atom. The Hall–Kier alpha value is -2.05. The highest BCUT2D eigenvalue weighted by atomic mass is 35.5. The third kappa shape index (κ3) is 2.07. The second-order valence-corrected chi connectivity index (χ2v) is 5.15. The van der Waals surface area contributed by atoms with E-state index in [0.29, 0.717) is 26.3 Å². The maximum Gasteiger partial charge on any atom is 0.215 e. The first kappa shape index (κ1) is 13.9. The maximum atomic E-state index is 12.6. The topological polar surface area (TPSA) is 87.1 Å². The summed E-state index contributed by atoms with van der Waals surface area (Å²) in [6, 6.07) is 2.33. The number of hydrogen-bond acceptors (Lipinski definition) is 6. The highest BCUT2D eigenvalue weighted by Crippen LogP contribution is 2.39. The molecule has 1 heterocycles. The number of halogens is 1. The molecule has 0 aromatic heterocycles. The van der Waals surface area contributed by atoms with E-state index in [4.69, 9.17) is 16.3 Å². The first-order valence-electron chi connectivity index (χ1n) is 6.39. The molecular formula is C14H12ClNO5. The molecule has 1 aromatic rings. The number of ketones is 2. The summed E-state index contributed by atoms with van der Waals surface area (Å²) in [5, 5.41) is 19.4. The molecule has 0 radical (unpaired) electrons. The Morgan fingerprint density at radius 3 is 2.10 bits per heavy atom. The van der Waals surface area contributed by atoms with Crippen molar-refractivity contribution in [3.63, 3.8) is 0 Å². The summed E-state index contributed by atoms with van der Waals surface area (Å²) in [7, 11) is 0. The standard InChI is InChI=1S/C14H12ClNO5/c15-11-12(16-3-5-21-6-4-16)14(20)10-8(18)2-1-7(17)9(10)13(11)19/h1-2,17-18H,3-6H2. The summed E-state index contributed by atoms with van der Waals surface area (Å²) < 4.78 is 5.21. The number of aromatic hydroxyl groups is 2. The fraction of sp³-hybridized carbons (Fsp3) is 0.286. The molecule has 1 aliphatic carbocycles. The number of allylic oxidation sites excluding steroid dienone is 2. The number of hydrogen-bond donors (Lipinski definition) is 2. The third-order valence-electron chi connectivity index (χ3n) is 3.57. The number of phenols is 2. The molecule has 110 valence electrons. The van der Waals surface area contributed by atoms with Crippen LogP contribution >= 0.6 is 11.6 Å². The van der Waals surface area contributed by atoms with Gasteiger partial charge in [0.25, 0.3) is 0 Å². The van der Waals surface area contributed by atoms with Crippen LogP contribution in [0.15, 0.2) is 22.9 Å². The lowest BCUT2D eigenvalue weighted by atomic mass is 9.90. The second-order valence-electron chi connectivity index (χ2n) is 4.77. The molecule has 1 aliphatic heterocycles. The van der Waals surface area contributed by atoms with E-state index in [1.807, 2.05) is 0 Å². The monoisotopic (exact) mass is 309 g/mol. The van der Waals surface area contributed by atoms with Gasteiger partial charge in [0.1, 0.15) is 22.2 Å². The summed E-state index contributed by atoms with van der Waals surface area (Å²) in [6.45, 7) is 1.71. The van der Waals surface area contributed by atoms with Gasteiger partial charge < -0.3 is 19.8 Å². The van der Waals surface area contributed by atoms with Crippen molar-refractivity contribution >= 4 is 23.2 Å². The summed E-state index contributed by atoms with van der Waals surface area (Å²) >= 11 is 6.05. The van der Waals surface area contributed by atoms with Gasteiger partial charge in [-0.05, 0) is 12.1 Å². The van der Waals surface area contributed by atoms with Gasteiger partial charge in [-0.2, -0.15) is 0 Å². The summed E-state index contributed by atoms with van der Waals surface area (Å²) in [5.74, 6) is -1.96. The highest BCUT2D eigenvalue weighted by Gasteiger charge is 2.38. The van der Waals surface area contributed by atoms with E-state index in [2.05, 4.69) is 0 Å². The zero-order valence-corrected chi connectivity index (χ0v) is 11.7. The number of carbonyl (C=O) groups is 2. The van der Waals surface area contributed by atoms with Crippen LogP contribution in [0.5, 0.6) is 11.5 Å². The van der Waals surface area contributed by atoms with Crippen LogP contribution in [0.1, 0.15) is 20.7 Å². The number of phenolic OH excluding ortho intramolecular Hbond substituents is 2. The Bertz CT molecular complexity index is 676. The van der Waals surface area contributed by atoms with Crippen molar-refractivity contribution in [2.75, 3.05) is 26.3 Å². The van der Waals surface area contributed by atoms with Crippen molar-refractivity contribution in [1.82, 2.24) is 4.90 Å². The fourth-order valence-electron chi connectivity index (χ4n) is 2.55. The van der Waals surface area contributed by atoms with Gasteiger partial charge in [-0.25, -0.2) is 0 Å². The van der Waals surface area contributed by atoms with Gasteiger partial charge >= 0.3 is 0 Å². The first-order valence-corrected chi connectivity index (χ1v) is 6.77. The molecule has 0 spiro atoms. The van der Waals surface area contributed by atoms with Crippen LogP contribution in [0.25, 0.3) is 0 Å². The minimum atomic E-state index is -0.666. The van der Waals surface area contributed by atoms with Crippen molar-refractivity contribution in [2.24, 2.45) is 0 Å². The second kappa shape index (κ2) is 5.05. The maximum absolute atomic E-state index is 12.6. The van der Waals surface area contributed by atoms with E-state index in [9.17, 15) is 19.8 Å². The average molecular weight is 310 g/mol. The molecule has 0 bridgehead atoms. The highest BCUT2D eigenvalue weighted by molar-refractivity contribution is 6.50. The average Bonchev–Trinajstić information content (AvgIpc) is 2.48. The molecule has 0 atom stereocenters. The van der Waals surface area contributed by atoms with Crippen LogP contribution < -0.4 is 0 Å². The summed E-state index contributed by atoms with van der Waals surface area (Å²) in [6.07, 6.45) is 0. The SMILES string of the molecule is O=C1C(Cl)=C(N2CCOCC2)C(=O)c2c(O)ccc(O)c21. The van der Waals surface area contributed by atoms with Crippen LogP contribution in [-0.2, 0) is 4.74 Å². The predicted molar refractivity (Wildman–Crippen MR) is 73.7 cm³/mol. The molecule has 3 rings (SSSR count). The predicted octanol–water partition coefficient (Wildman–Crippen LogP) is 1.26. The van der Waals surface area contributed by atoms with E-state index in [0.717, 1.165) is 6.07 Å². The van der Waals surface area contributed by atoms with Gasteiger partial charge in [0, 0.05) is 13.1 Å². The number of carbonyl (C=O) groups excluding carboxylic acids is 2. The minimum absolute atomic E-state index is 0.0540. The number of ether oxygens (including phenoxy) is 1. The molecule has 2 N–H and O–H groups in total. The Kier molecular flexibility index (Phi) is 3.35. The number of nitrogens with zero attached hydrogens (tertiary/aromatic N) is 1. The van der Waals surface area contributed by atoms with Crippen molar-refractivity contribution in [2.45, 2.75) is 0 Å². The zero-order chi connectivity index (χ0) is 15.1. The Balaban J connectivity index is 2.16. The largest absolute Gasteiger partial charge is 0.507 e. The molecule has 7 heteroatoms. The van der Waals surface area contributed by atoms with Crippen LogP contribution in [0, 0.1) is 0 Å². The lowest BCUT2D eigenvalue weighted by Crippen LogP contribution is -2.40. The summed E-state index contributed by atoms with van der Waals surface area (Å²) in [4.78, 5) is 26.6. The van der Waals surface area contributed by atoms with E-state index in [-0.39, 0.29) is 33.4 Å². The van der Waals surface area contributed by atoms with Gasteiger partial charge in [0.15, 0.2) is 0 Å². The number of benzene rings is 1. The Labute approximate surface area is 125 Å². The number of Topliss-reactive ketones (excluding diaryl/α,β-unsaturated/α-hetero) is 2. The third-order valence-corrected chi connectivity index (χ3v) is 3.92. The smallest absolute Gasteiger partial charge is 0.215 e. The number of fused-ring (bicyclic) bond motifs is 1. The summed E-state index contributed by atoms with van der Waals surface area (Å²) in [5.41, 5.74) is -0.397. The molecule has 0 amide bonds. The van der Waals surface area contributed by atoms with Gasteiger partial charge in [0.2, 0.25) is 11.6 Å². The first-order chi connectivity index (χ1) is 10.0. The van der Waals surface area contributed by atoms with Crippen LogP contribution in [0.2, 0.25) is 0 Å². The van der Waals surface area contributed by atoms with Crippen molar-refractivity contribution in [1.29, 1.82) is 0 Å². The molecule has 1 saturated heterocycles. The van der Waals surface area contributed by atoms with Gasteiger partial charge in [-0.3, -0.25) is 9.59 Å². The lowest BCUT2D eigenvalue weighted by Gasteiger charge is -2.32.